The summed E-state index contributed by atoms with van der Waals surface area (Å²) in [6.07, 6.45) is 0.0966. The Morgan fingerprint density at radius 1 is 1.16 bits per heavy atom. The van der Waals surface area contributed by atoms with Gasteiger partial charge in [0, 0.05) is 31.2 Å². The van der Waals surface area contributed by atoms with Gasteiger partial charge in [0.25, 0.3) is 5.91 Å². The summed E-state index contributed by atoms with van der Waals surface area (Å²) in [6.45, 7) is 6.82. The summed E-state index contributed by atoms with van der Waals surface area (Å²) < 4.78 is 6.12. The molecule has 0 aromatic heterocycles. The van der Waals surface area contributed by atoms with E-state index >= 15 is 0 Å². The molecule has 1 N–H and O–H groups in total. The van der Waals surface area contributed by atoms with Crippen LogP contribution < -0.4 is 5.32 Å². The Balaban J connectivity index is 1.73. The van der Waals surface area contributed by atoms with Gasteiger partial charge in [0.2, 0.25) is 0 Å². The van der Waals surface area contributed by atoms with E-state index in [1.54, 1.807) is 7.05 Å². The number of amides is 1. The number of ether oxygens (including phenoxy) is 1. The molecule has 4 nitrogen and oxygen atoms in total. The van der Waals surface area contributed by atoms with Gasteiger partial charge in [0.1, 0.15) is 0 Å². The maximum atomic E-state index is 11.7. The van der Waals surface area contributed by atoms with Gasteiger partial charge < -0.3 is 10.1 Å². The zero-order chi connectivity index (χ0) is 17.9. The number of morpholine rings is 1. The molecule has 1 atom stereocenters. The number of carbonyl (C=O) groups excluding carboxylic acids is 1. The van der Waals surface area contributed by atoms with E-state index in [9.17, 15) is 4.79 Å². The van der Waals surface area contributed by atoms with E-state index in [1.807, 2.05) is 30.3 Å². The van der Waals surface area contributed by atoms with Crippen molar-refractivity contribution < 1.29 is 9.53 Å². The first-order valence-electron chi connectivity index (χ1n) is 8.72. The highest BCUT2D eigenvalue weighted by Crippen LogP contribution is 2.31. The van der Waals surface area contributed by atoms with Gasteiger partial charge in [-0.1, -0.05) is 42.5 Å². The van der Waals surface area contributed by atoms with Gasteiger partial charge in [-0.3, -0.25) is 9.69 Å². The molecule has 4 heteroatoms. The predicted molar refractivity (Wildman–Crippen MR) is 99.5 cm³/mol. The first-order valence-corrected chi connectivity index (χ1v) is 8.72. The lowest BCUT2D eigenvalue weighted by molar-refractivity contribution is -0.104. The molecule has 0 radical (unpaired) electrons. The quantitative estimate of drug-likeness (QED) is 0.929. The Morgan fingerprint density at radius 3 is 2.48 bits per heavy atom. The molecule has 2 aromatic rings. The summed E-state index contributed by atoms with van der Waals surface area (Å²) in [7, 11) is 1.65. The first-order chi connectivity index (χ1) is 12.0. The number of rotatable bonds is 4. The zero-order valence-corrected chi connectivity index (χ0v) is 15.2. The second-order valence-corrected chi connectivity index (χ2v) is 7.18. The van der Waals surface area contributed by atoms with Gasteiger partial charge in [0.15, 0.2) is 0 Å². The topological polar surface area (TPSA) is 41.6 Å². The standard InChI is InChI=1S/C21H26N2O2/c1-21(2)15-25-19(17-7-5-4-6-8-17)14-23(21)13-16-9-11-18(12-10-16)20(24)22-3/h4-12,19H,13-15H2,1-3H3,(H,22,24)/t19-/m0/s1. The minimum Gasteiger partial charge on any atom is -0.370 e. The summed E-state index contributed by atoms with van der Waals surface area (Å²) in [5.74, 6) is -0.0533. The first kappa shape index (κ1) is 17.6. The summed E-state index contributed by atoms with van der Waals surface area (Å²) in [5.41, 5.74) is 3.09. The average molecular weight is 338 g/mol. The fraction of sp³-hybridized carbons (Fsp3) is 0.381. The highest BCUT2D eigenvalue weighted by molar-refractivity contribution is 5.93. The average Bonchev–Trinajstić information content (AvgIpc) is 2.64. The Hall–Kier alpha value is -2.17. The highest BCUT2D eigenvalue weighted by Gasteiger charge is 2.35. The third kappa shape index (κ3) is 4.09. The second kappa shape index (κ2) is 7.38. The lowest BCUT2D eigenvalue weighted by Gasteiger charge is -2.45. The van der Waals surface area contributed by atoms with Crippen molar-refractivity contribution in [1.82, 2.24) is 10.2 Å². The molecule has 0 unspecified atom stereocenters. The van der Waals surface area contributed by atoms with Crippen molar-refractivity contribution in [2.45, 2.75) is 32.0 Å². The molecule has 25 heavy (non-hydrogen) atoms. The Bertz CT molecular complexity index is 710. The van der Waals surface area contributed by atoms with Crippen LogP contribution in [0.1, 0.15) is 41.4 Å². The molecular formula is C21H26N2O2. The van der Waals surface area contributed by atoms with E-state index in [0.717, 1.165) is 13.1 Å². The number of nitrogens with zero attached hydrogens (tertiary/aromatic N) is 1. The molecule has 0 bridgehead atoms. The monoisotopic (exact) mass is 338 g/mol. The molecule has 1 aliphatic rings. The molecule has 0 spiro atoms. The fourth-order valence-corrected chi connectivity index (χ4v) is 3.17. The van der Waals surface area contributed by atoms with E-state index in [0.29, 0.717) is 12.2 Å². The van der Waals surface area contributed by atoms with Gasteiger partial charge in [-0.05, 0) is 37.1 Å². The minimum atomic E-state index is -0.0533. The summed E-state index contributed by atoms with van der Waals surface area (Å²) in [4.78, 5) is 14.1. The molecule has 1 fully saturated rings. The number of nitrogens with one attached hydrogen (secondary N) is 1. The fourth-order valence-electron chi connectivity index (χ4n) is 3.17. The molecule has 0 aliphatic carbocycles. The third-order valence-corrected chi connectivity index (χ3v) is 4.87. The third-order valence-electron chi connectivity index (χ3n) is 4.87. The van der Waals surface area contributed by atoms with Gasteiger partial charge >= 0.3 is 0 Å². The van der Waals surface area contributed by atoms with E-state index in [4.69, 9.17) is 4.74 Å². The largest absolute Gasteiger partial charge is 0.370 e. The van der Waals surface area contributed by atoms with Crippen LogP contribution in [-0.4, -0.2) is 36.5 Å². The van der Waals surface area contributed by atoms with Crippen molar-refractivity contribution in [1.29, 1.82) is 0 Å². The van der Waals surface area contributed by atoms with Crippen molar-refractivity contribution in [2.24, 2.45) is 0 Å². The van der Waals surface area contributed by atoms with E-state index in [2.05, 4.69) is 48.3 Å². The molecule has 2 aromatic carbocycles. The molecule has 132 valence electrons. The van der Waals surface area contributed by atoms with Gasteiger partial charge in [0.05, 0.1) is 12.7 Å². The van der Waals surface area contributed by atoms with Crippen LogP contribution in [-0.2, 0) is 11.3 Å². The molecule has 1 aliphatic heterocycles. The second-order valence-electron chi connectivity index (χ2n) is 7.18. The van der Waals surface area contributed by atoms with E-state index in [1.165, 1.54) is 11.1 Å². The summed E-state index contributed by atoms with van der Waals surface area (Å²) in [6, 6.07) is 18.2. The smallest absolute Gasteiger partial charge is 0.251 e. The van der Waals surface area contributed by atoms with Crippen molar-refractivity contribution in [2.75, 3.05) is 20.2 Å². The van der Waals surface area contributed by atoms with Crippen LogP contribution >= 0.6 is 0 Å². The van der Waals surface area contributed by atoms with Gasteiger partial charge in [-0.15, -0.1) is 0 Å². The number of hydrogen-bond acceptors (Lipinski definition) is 3. The SMILES string of the molecule is CNC(=O)c1ccc(CN2C[C@@H](c3ccccc3)OCC2(C)C)cc1. The zero-order valence-electron chi connectivity index (χ0n) is 15.2. The number of hydrogen-bond donors (Lipinski definition) is 1. The summed E-state index contributed by atoms with van der Waals surface area (Å²) >= 11 is 0. The van der Waals surface area contributed by atoms with Crippen LogP contribution in [0, 0.1) is 0 Å². The lowest BCUT2D eigenvalue weighted by Crippen LogP contribution is -2.53. The lowest BCUT2D eigenvalue weighted by atomic mass is 9.97. The normalized spacial score (nSPS) is 20.2. The van der Waals surface area contributed by atoms with Crippen LogP contribution in [0.15, 0.2) is 54.6 Å². The molecule has 1 saturated heterocycles. The van der Waals surface area contributed by atoms with Crippen LogP contribution in [0.5, 0.6) is 0 Å². The van der Waals surface area contributed by atoms with Crippen LogP contribution in [0.2, 0.25) is 0 Å². The maximum absolute atomic E-state index is 11.7. The Labute approximate surface area is 149 Å². The van der Waals surface area contributed by atoms with Crippen molar-refractivity contribution in [3.05, 3.63) is 71.3 Å². The Morgan fingerprint density at radius 2 is 1.84 bits per heavy atom. The Kier molecular flexibility index (Phi) is 5.21. The van der Waals surface area contributed by atoms with Crippen molar-refractivity contribution >= 4 is 5.91 Å². The van der Waals surface area contributed by atoms with Crippen molar-refractivity contribution in [3.8, 4) is 0 Å². The number of carbonyl (C=O) groups is 1. The van der Waals surface area contributed by atoms with E-state index in [-0.39, 0.29) is 17.6 Å². The predicted octanol–water partition coefficient (Wildman–Crippen LogP) is 3.40. The van der Waals surface area contributed by atoms with Crippen LogP contribution in [0.25, 0.3) is 0 Å². The molecule has 3 rings (SSSR count). The molecule has 0 saturated carbocycles. The highest BCUT2D eigenvalue weighted by atomic mass is 16.5. The van der Waals surface area contributed by atoms with Crippen molar-refractivity contribution in [3.63, 3.8) is 0 Å². The summed E-state index contributed by atoms with van der Waals surface area (Å²) in [5, 5.41) is 2.65. The van der Waals surface area contributed by atoms with Crippen LogP contribution in [0.4, 0.5) is 0 Å². The maximum Gasteiger partial charge on any atom is 0.251 e. The van der Waals surface area contributed by atoms with Gasteiger partial charge in [-0.2, -0.15) is 0 Å². The van der Waals surface area contributed by atoms with Crippen LogP contribution in [0.3, 0.4) is 0 Å². The van der Waals surface area contributed by atoms with Gasteiger partial charge in [-0.25, -0.2) is 0 Å². The number of benzene rings is 2. The molecule has 1 heterocycles. The molecule has 1 amide bonds. The molecular weight excluding hydrogens is 312 g/mol. The van der Waals surface area contributed by atoms with E-state index < -0.39 is 0 Å². The minimum absolute atomic E-state index is 0.0231.